The van der Waals surface area contributed by atoms with E-state index in [1.54, 1.807) is 23.0 Å². The summed E-state index contributed by atoms with van der Waals surface area (Å²) < 4.78 is 9.40. The van der Waals surface area contributed by atoms with Gasteiger partial charge < -0.3 is 9.30 Å². The molecule has 1 saturated carbocycles. The van der Waals surface area contributed by atoms with Crippen LogP contribution < -0.4 is 11.2 Å². The van der Waals surface area contributed by atoms with Gasteiger partial charge in [-0.25, -0.2) is 19.1 Å². The molecule has 8 heteroatoms. The molecule has 2 aromatic carbocycles. The van der Waals surface area contributed by atoms with Crippen LogP contribution >= 0.6 is 0 Å². The van der Waals surface area contributed by atoms with Crippen molar-refractivity contribution in [3.05, 3.63) is 92.9 Å². The van der Waals surface area contributed by atoms with E-state index in [1.165, 1.54) is 16.2 Å². The molecule has 1 aliphatic carbocycles. The van der Waals surface area contributed by atoms with Gasteiger partial charge in [0, 0.05) is 6.54 Å². The molecule has 0 amide bonds. The minimum Gasteiger partial charge on any atom is -0.465 e. The first kappa shape index (κ1) is 20.0. The van der Waals surface area contributed by atoms with Crippen molar-refractivity contribution >= 4 is 17.1 Å². The first-order chi connectivity index (χ1) is 15.6. The normalized spacial score (nSPS) is 13.4. The molecule has 32 heavy (non-hydrogen) atoms. The van der Waals surface area contributed by atoms with Gasteiger partial charge in [0.25, 0.3) is 5.56 Å². The van der Waals surface area contributed by atoms with Crippen LogP contribution in [-0.4, -0.2) is 31.8 Å². The second-order valence-electron chi connectivity index (χ2n) is 8.01. The molecule has 2 aromatic heterocycles. The molecule has 1 aliphatic rings. The lowest BCUT2D eigenvalue weighted by molar-refractivity contribution is 0.0599. The minimum atomic E-state index is -0.447. The van der Waals surface area contributed by atoms with Crippen molar-refractivity contribution in [2.24, 2.45) is 5.92 Å². The summed E-state index contributed by atoms with van der Waals surface area (Å²) >= 11 is 0. The number of ether oxygens (including phenoxy) is 1. The number of nitrogens with zero attached hydrogens (tertiary/aromatic N) is 4. The number of esters is 1. The summed E-state index contributed by atoms with van der Waals surface area (Å²) in [5.74, 6) is -0.101. The standard InChI is InChI=1S/C24H22N4O4/c1-32-23(30)19-10-6-5-7-17(19)14-26-15-25-21-20(26)22(29)27(13-16-11-12-16)24(31)28(21)18-8-3-2-4-9-18/h2-10,15-16H,11-14H2,1H3. The summed E-state index contributed by atoms with van der Waals surface area (Å²) in [5.41, 5.74) is 1.64. The Kier molecular flexibility index (Phi) is 4.97. The molecular formula is C24H22N4O4. The molecule has 0 spiro atoms. The number of aromatic nitrogens is 4. The van der Waals surface area contributed by atoms with E-state index in [0.717, 1.165) is 12.8 Å². The van der Waals surface area contributed by atoms with E-state index in [1.807, 2.05) is 42.5 Å². The van der Waals surface area contributed by atoms with Crippen LogP contribution in [0.2, 0.25) is 0 Å². The Bertz CT molecular complexity index is 1430. The highest BCUT2D eigenvalue weighted by Gasteiger charge is 2.26. The molecule has 0 radical (unpaired) electrons. The smallest absolute Gasteiger partial charge is 0.338 e. The topological polar surface area (TPSA) is 88.1 Å². The van der Waals surface area contributed by atoms with Crippen LogP contribution in [0.25, 0.3) is 16.9 Å². The third-order valence-electron chi connectivity index (χ3n) is 5.82. The van der Waals surface area contributed by atoms with E-state index in [9.17, 15) is 14.4 Å². The SMILES string of the molecule is COC(=O)c1ccccc1Cn1cnc2c1c(=O)n(CC1CC1)c(=O)n2-c1ccccc1. The summed E-state index contributed by atoms with van der Waals surface area (Å²) in [6, 6.07) is 16.3. The lowest BCUT2D eigenvalue weighted by Gasteiger charge is -2.13. The Balaban J connectivity index is 1.72. The average Bonchev–Trinajstić information content (AvgIpc) is 3.56. The molecule has 0 bridgehead atoms. The molecule has 0 saturated heterocycles. The molecule has 5 rings (SSSR count). The predicted octanol–water partition coefficient (Wildman–Crippen LogP) is 2.59. The minimum absolute atomic E-state index is 0.243. The summed E-state index contributed by atoms with van der Waals surface area (Å²) in [6.45, 7) is 0.637. The molecule has 0 N–H and O–H groups in total. The highest BCUT2D eigenvalue weighted by molar-refractivity contribution is 5.91. The van der Waals surface area contributed by atoms with Crippen molar-refractivity contribution in [3.63, 3.8) is 0 Å². The van der Waals surface area contributed by atoms with E-state index >= 15 is 0 Å². The van der Waals surface area contributed by atoms with Crippen LogP contribution in [0.1, 0.15) is 28.8 Å². The molecule has 1 fully saturated rings. The van der Waals surface area contributed by atoms with Crippen molar-refractivity contribution < 1.29 is 9.53 Å². The summed E-state index contributed by atoms with van der Waals surface area (Å²) in [5, 5.41) is 0. The molecule has 8 nitrogen and oxygen atoms in total. The highest BCUT2D eigenvalue weighted by atomic mass is 16.5. The van der Waals surface area contributed by atoms with Crippen LogP contribution in [0.15, 0.2) is 70.5 Å². The zero-order valence-corrected chi connectivity index (χ0v) is 17.6. The van der Waals surface area contributed by atoms with Gasteiger partial charge in [-0.05, 0) is 42.5 Å². The first-order valence-electron chi connectivity index (χ1n) is 10.5. The number of hydrogen-bond donors (Lipinski definition) is 0. The fraction of sp³-hybridized carbons (Fsp3) is 0.250. The Labute approximate surface area is 183 Å². The van der Waals surface area contributed by atoms with Gasteiger partial charge in [-0.15, -0.1) is 0 Å². The van der Waals surface area contributed by atoms with Gasteiger partial charge in [-0.3, -0.25) is 9.36 Å². The second-order valence-corrected chi connectivity index (χ2v) is 8.01. The predicted molar refractivity (Wildman–Crippen MR) is 119 cm³/mol. The van der Waals surface area contributed by atoms with Gasteiger partial charge in [0.2, 0.25) is 0 Å². The highest BCUT2D eigenvalue weighted by Crippen LogP contribution is 2.30. The number of methoxy groups -OCH3 is 1. The Morgan fingerprint density at radius 1 is 1.06 bits per heavy atom. The molecule has 2 heterocycles. The number of hydrogen-bond acceptors (Lipinski definition) is 5. The number of carbonyl (C=O) groups excluding carboxylic acids is 1. The van der Waals surface area contributed by atoms with Crippen LogP contribution in [0.5, 0.6) is 0 Å². The molecule has 162 valence electrons. The summed E-state index contributed by atoms with van der Waals surface area (Å²) in [7, 11) is 1.33. The van der Waals surface area contributed by atoms with Crippen LogP contribution in [0, 0.1) is 5.92 Å². The monoisotopic (exact) mass is 430 g/mol. The Hall–Kier alpha value is -3.94. The van der Waals surface area contributed by atoms with Gasteiger partial charge in [0.15, 0.2) is 11.2 Å². The molecule has 0 aliphatic heterocycles. The largest absolute Gasteiger partial charge is 0.465 e. The Morgan fingerprint density at radius 3 is 2.50 bits per heavy atom. The van der Waals surface area contributed by atoms with E-state index in [-0.39, 0.29) is 17.8 Å². The quantitative estimate of drug-likeness (QED) is 0.439. The summed E-state index contributed by atoms with van der Waals surface area (Å²) in [6.07, 6.45) is 3.57. The van der Waals surface area contributed by atoms with Crippen LogP contribution in [0.4, 0.5) is 0 Å². The number of imidazole rings is 1. The zero-order chi connectivity index (χ0) is 22.2. The van der Waals surface area contributed by atoms with Gasteiger partial charge in [-0.1, -0.05) is 36.4 Å². The third-order valence-corrected chi connectivity index (χ3v) is 5.82. The number of para-hydroxylation sites is 1. The van der Waals surface area contributed by atoms with Crippen molar-refractivity contribution in [3.8, 4) is 5.69 Å². The van der Waals surface area contributed by atoms with Crippen molar-refractivity contribution in [2.75, 3.05) is 7.11 Å². The van der Waals surface area contributed by atoms with Crippen LogP contribution in [0.3, 0.4) is 0 Å². The maximum Gasteiger partial charge on any atom is 0.338 e. The van der Waals surface area contributed by atoms with Gasteiger partial charge in [-0.2, -0.15) is 0 Å². The van der Waals surface area contributed by atoms with Crippen molar-refractivity contribution in [2.45, 2.75) is 25.9 Å². The number of rotatable bonds is 6. The molecule has 0 unspecified atom stereocenters. The fourth-order valence-electron chi connectivity index (χ4n) is 3.98. The molecular weight excluding hydrogens is 408 g/mol. The second kappa shape index (κ2) is 7.96. The maximum atomic E-state index is 13.4. The van der Waals surface area contributed by atoms with Gasteiger partial charge in [0.1, 0.15) is 0 Å². The van der Waals surface area contributed by atoms with Crippen LogP contribution in [-0.2, 0) is 17.8 Å². The maximum absolute atomic E-state index is 13.4. The number of benzene rings is 2. The number of carbonyl (C=O) groups is 1. The average molecular weight is 430 g/mol. The fourth-order valence-corrected chi connectivity index (χ4v) is 3.98. The van der Waals surface area contributed by atoms with E-state index < -0.39 is 5.97 Å². The number of fused-ring (bicyclic) bond motifs is 1. The molecule has 4 aromatic rings. The molecule has 0 atom stereocenters. The summed E-state index contributed by atoms with van der Waals surface area (Å²) in [4.78, 5) is 43.4. The zero-order valence-electron chi connectivity index (χ0n) is 17.6. The van der Waals surface area contributed by atoms with Gasteiger partial charge in [0.05, 0.1) is 31.2 Å². The van der Waals surface area contributed by atoms with Gasteiger partial charge >= 0.3 is 11.7 Å². The lowest BCUT2D eigenvalue weighted by atomic mass is 10.1. The lowest BCUT2D eigenvalue weighted by Crippen LogP contribution is -2.40. The first-order valence-corrected chi connectivity index (χ1v) is 10.5. The van der Waals surface area contributed by atoms with E-state index in [4.69, 9.17) is 4.74 Å². The van der Waals surface area contributed by atoms with Crippen molar-refractivity contribution in [1.82, 2.24) is 18.7 Å². The third kappa shape index (κ3) is 3.43. The van der Waals surface area contributed by atoms with E-state index in [0.29, 0.717) is 40.4 Å². The van der Waals surface area contributed by atoms with Crippen molar-refractivity contribution in [1.29, 1.82) is 0 Å². The van der Waals surface area contributed by atoms with E-state index in [2.05, 4.69) is 4.98 Å². The Morgan fingerprint density at radius 2 is 1.78 bits per heavy atom.